The number of rotatable bonds is 9. The van der Waals surface area contributed by atoms with Gasteiger partial charge in [-0.1, -0.05) is 54.2 Å². The molecule has 1 saturated carbocycles. The van der Waals surface area contributed by atoms with Crippen LogP contribution in [0.2, 0.25) is 0 Å². The third-order valence-corrected chi connectivity index (χ3v) is 6.72. The van der Waals surface area contributed by atoms with Gasteiger partial charge in [-0.15, -0.1) is 10.2 Å². The van der Waals surface area contributed by atoms with Crippen LogP contribution in [0, 0.1) is 0 Å². The van der Waals surface area contributed by atoms with Crippen LogP contribution in [0.15, 0.2) is 84.3 Å². The van der Waals surface area contributed by atoms with Gasteiger partial charge >= 0.3 is 0 Å². The van der Waals surface area contributed by atoms with Gasteiger partial charge < -0.3 is 10.1 Å². The van der Waals surface area contributed by atoms with Crippen LogP contribution in [0.5, 0.6) is 5.75 Å². The van der Waals surface area contributed by atoms with Gasteiger partial charge in [0.15, 0.2) is 11.0 Å². The van der Waals surface area contributed by atoms with Crippen molar-refractivity contribution < 1.29 is 9.53 Å². The Kier molecular flexibility index (Phi) is 6.58. The average molecular weight is 472 g/mol. The van der Waals surface area contributed by atoms with E-state index in [4.69, 9.17) is 4.74 Å². The maximum absolute atomic E-state index is 13.6. The first-order valence-corrected chi connectivity index (χ1v) is 12.2. The van der Waals surface area contributed by atoms with Crippen molar-refractivity contribution in [3.8, 4) is 17.1 Å². The van der Waals surface area contributed by atoms with Crippen LogP contribution in [0.3, 0.4) is 0 Å². The van der Waals surface area contributed by atoms with E-state index in [1.165, 1.54) is 11.8 Å². The Hall–Kier alpha value is -3.65. The first-order chi connectivity index (χ1) is 16.7. The highest BCUT2D eigenvalue weighted by Crippen LogP contribution is 2.44. The van der Waals surface area contributed by atoms with E-state index in [1.807, 2.05) is 73.7 Å². The molecule has 1 fully saturated rings. The molecule has 2 aromatic heterocycles. The highest BCUT2D eigenvalue weighted by molar-refractivity contribution is 8.00. The van der Waals surface area contributed by atoms with Crippen molar-refractivity contribution in [1.82, 2.24) is 19.7 Å². The molecule has 34 heavy (non-hydrogen) atoms. The molecular weight excluding hydrogens is 446 g/mol. The summed E-state index contributed by atoms with van der Waals surface area (Å²) in [5.41, 5.74) is 2.46. The number of thioether (sulfide) groups is 1. The van der Waals surface area contributed by atoms with E-state index in [9.17, 15) is 4.79 Å². The van der Waals surface area contributed by atoms with Crippen molar-refractivity contribution in [3.63, 3.8) is 0 Å². The number of aromatic nitrogens is 4. The molecule has 0 saturated heterocycles. The van der Waals surface area contributed by atoms with Crippen LogP contribution in [0.25, 0.3) is 11.4 Å². The van der Waals surface area contributed by atoms with Crippen molar-refractivity contribution >= 4 is 23.4 Å². The Morgan fingerprint density at radius 1 is 1.09 bits per heavy atom. The molecule has 0 radical (unpaired) electrons. The van der Waals surface area contributed by atoms with Crippen LogP contribution < -0.4 is 10.1 Å². The zero-order chi connectivity index (χ0) is 23.3. The van der Waals surface area contributed by atoms with Crippen molar-refractivity contribution in [2.75, 3.05) is 11.9 Å². The Labute approximate surface area is 202 Å². The monoisotopic (exact) mass is 471 g/mol. The maximum Gasteiger partial charge on any atom is 0.242 e. The summed E-state index contributed by atoms with van der Waals surface area (Å²) in [6.45, 7) is 2.44. The van der Waals surface area contributed by atoms with Crippen LogP contribution in [-0.4, -0.2) is 32.3 Å². The van der Waals surface area contributed by atoms with Gasteiger partial charge in [-0.05, 0) is 49.6 Å². The van der Waals surface area contributed by atoms with Crippen LogP contribution >= 0.6 is 11.8 Å². The summed E-state index contributed by atoms with van der Waals surface area (Å²) >= 11 is 1.41. The second-order valence-corrected chi connectivity index (χ2v) is 9.05. The van der Waals surface area contributed by atoms with Gasteiger partial charge in [-0.2, -0.15) is 0 Å². The minimum Gasteiger partial charge on any atom is -0.492 e. The van der Waals surface area contributed by atoms with Gasteiger partial charge in [0.1, 0.15) is 11.0 Å². The number of pyridine rings is 1. The lowest BCUT2D eigenvalue weighted by molar-refractivity contribution is -0.115. The first-order valence-electron chi connectivity index (χ1n) is 11.3. The maximum atomic E-state index is 13.6. The van der Waals surface area contributed by atoms with Crippen molar-refractivity contribution in [3.05, 3.63) is 84.7 Å². The summed E-state index contributed by atoms with van der Waals surface area (Å²) in [7, 11) is 0. The van der Waals surface area contributed by atoms with Gasteiger partial charge in [-0.25, -0.2) is 0 Å². The molecule has 0 bridgehead atoms. The Bertz CT molecular complexity index is 1260. The van der Waals surface area contributed by atoms with E-state index in [2.05, 4.69) is 25.1 Å². The summed E-state index contributed by atoms with van der Waals surface area (Å²) in [5, 5.41) is 12.3. The summed E-state index contributed by atoms with van der Waals surface area (Å²) in [6, 6.07) is 21.4. The van der Waals surface area contributed by atoms with E-state index in [-0.39, 0.29) is 5.91 Å². The zero-order valence-corrected chi connectivity index (χ0v) is 19.6. The van der Waals surface area contributed by atoms with Crippen molar-refractivity contribution in [1.29, 1.82) is 0 Å². The van der Waals surface area contributed by atoms with E-state index in [0.29, 0.717) is 24.1 Å². The van der Waals surface area contributed by atoms with Gasteiger partial charge in [0, 0.05) is 24.0 Å². The molecule has 7 nitrogen and oxygen atoms in total. The Morgan fingerprint density at radius 2 is 1.88 bits per heavy atom. The van der Waals surface area contributed by atoms with E-state index in [0.717, 1.165) is 34.9 Å². The standard InChI is InChI=1S/C26H25N5O2S/c1-2-33-22-13-7-6-12-21(22)28-25(32)23(18-9-4-3-5-10-18)34-26-30-29-24(31(26)20-14-15-20)19-11-8-16-27-17-19/h3-13,16-17,20,23H,2,14-15H2,1H3,(H,28,32). The second kappa shape index (κ2) is 10.1. The van der Waals surface area contributed by atoms with Crippen molar-refractivity contribution in [2.24, 2.45) is 0 Å². The lowest BCUT2D eigenvalue weighted by Crippen LogP contribution is -2.20. The number of benzene rings is 2. The van der Waals surface area contributed by atoms with Gasteiger partial charge in [-0.3, -0.25) is 14.3 Å². The number of ether oxygens (including phenoxy) is 1. The molecule has 1 aliphatic carbocycles. The molecule has 2 aromatic carbocycles. The fourth-order valence-electron chi connectivity index (χ4n) is 3.77. The van der Waals surface area contributed by atoms with Gasteiger partial charge in [0.05, 0.1) is 12.3 Å². The number of carbonyl (C=O) groups is 1. The number of amides is 1. The summed E-state index contributed by atoms with van der Waals surface area (Å²) in [5.74, 6) is 1.29. The normalized spacial score (nSPS) is 13.9. The molecule has 1 atom stereocenters. The molecule has 5 rings (SSSR count). The molecule has 0 aliphatic heterocycles. The smallest absolute Gasteiger partial charge is 0.242 e. The lowest BCUT2D eigenvalue weighted by Gasteiger charge is -2.18. The molecule has 8 heteroatoms. The topological polar surface area (TPSA) is 81.9 Å². The van der Waals surface area contributed by atoms with Crippen LogP contribution in [-0.2, 0) is 4.79 Å². The Balaban J connectivity index is 1.48. The molecule has 1 unspecified atom stereocenters. The number of hydrogen-bond acceptors (Lipinski definition) is 6. The third-order valence-electron chi connectivity index (χ3n) is 5.50. The number of nitrogens with one attached hydrogen (secondary N) is 1. The zero-order valence-electron chi connectivity index (χ0n) is 18.8. The minimum atomic E-state index is -0.515. The van der Waals surface area contributed by atoms with E-state index < -0.39 is 5.25 Å². The quantitative estimate of drug-likeness (QED) is 0.323. The summed E-state index contributed by atoms with van der Waals surface area (Å²) in [4.78, 5) is 17.8. The predicted octanol–water partition coefficient (Wildman–Crippen LogP) is 5.55. The number of anilines is 1. The predicted molar refractivity (Wildman–Crippen MR) is 133 cm³/mol. The first kappa shape index (κ1) is 22.2. The van der Waals surface area contributed by atoms with Crippen LogP contribution in [0.4, 0.5) is 5.69 Å². The summed E-state index contributed by atoms with van der Waals surface area (Å²) < 4.78 is 7.85. The van der Waals surface area contributed by atoms with Crippen LogP contribution in [0.1, 0.15) is 36.6 Å². The molecule has 172 valence electrons. The molecule has 1 amide bonds. The number of para-hydroxylation sites is 2. The van der Waals surface area contributed by atoms with E-state index in [1.54, 1.807) is 12.4 Å². The minimum absolute atomic E-state index is 0.142. The lowest BCUT2D eigenvalue weighted by atomic mass is 10.1. The largest absolute Gasteiger partial charge is 0.492 e. The van der Waals surface area contributed by atoms with Gasteiger partial charge in [0.2, 0.25) is 5.91 Å². The molecular formula is C26H25N5O2S. The van der Waals surface area contributed by atoms with E-state index >= 15 is 0 Å². The fraction of sp³-hybridized carbons (Fsp3) is 0.231. The SMILES string of the molecule is CCOc1ccccc1NC(=O)C(Sc1nnc(-c2cccnc2)n1C1CC1)c1ccccc1. The second-order valence-electron chi connectivity index (χ2n) is 7.98. The highest BCUT2D eigenvalue weighted by Gasteiger charge is 2.33. The third kappa shape index (κ3) is 4.82. The molecule has 1 aliphatic rings. The highest BCUT2D eigenvalue weighted by atomic mass is 32.2. The molecule has 1 N–H and O–H groups in total. The molecule has 0 spiro atoms. The number of carbonyl (C=O) groups excluding carboxylic acids is 1. The number of hydrogen-bond donors (Lipinski definition) is 1. The molecule has 4 aromatic rings. The average Bonchev–Trinajstić information content (AvgIpc) is 3.63. The fourth-order valence-corrected chi connectivity index (χ4v) is 4.87. The van der Waals surface area contributed by atoms with Crippen molar-refractivity contribution in [2.45, 2.75) is 36.2 Å². The Morgan fingerprint density at radius 3 is 2.62 bits per heavy atom. The summed E-state index contributed by atoms with van der Waals surface area (Å²) in [6.07, 6.45) is 5.68. The van der Waals surface area contributed by atoms with Gasteiger partial charge in [0.25, 0.3) is 0 Å². The molecule has 2 heterocycles. The number of nitrogens with zero attached hydrogens (tertiary/aromatic N) is 4.